The van der Waals surface area contributed by atoms with Gasteiger partial charge in [-0.3, -0.25) is 0 Å². The van der Waals surface area contributed by atoms with E-state index in [1.54, 1.807) is 0 Å². The maximum absolute atomic E-state index is 13.7. The zero-order valence-corrected chi connectivity index (χ0v) is 9.44. The molecule has 2 N–H and O–H groups in total. The van der Waals surface area contributed by atoms with Crippen LogP contribution in [0, 0.1) is 11.6 Å². The molecule has 2 nitrogen and oxygen atoms in total. The van der Waals surface area contributed by atoms with Crippen LogP contribution in [-0.4, -0.2) is 12.1 Å². The number of ether oxygens (including phenoxy) is 1. The summed E-state index contributed by atoms with van der Waals surface area (Å²) in [5, 5.41) is 0. The van der Waals surface area contributed by atoms with Crippen LogP contribution in [0.2, 0.25) is 0 Å². The molecule has 0 aliphatic carbocycles. The minimum absolute atomic E-state index is 0.195. The molecular weight excluding hydrogens is 212 g/mol. The summed E-state index contributed by atoms with van der Waals surface area (Å²) in [7, 11) is 0. The van der Waals surface area contributed by atoms with Crippen LogP contribution in [-0.2, 0) is 12.8 Å². The molecule has 0 unspecified atom stereocenters. The number of fused-ring (bicyclic) bond motifs is 1. The lowest BCUT2D eigenvalue weighted by Gasteiger charge is -2.20. The van der Waals surface area contributed by atoms with Crippen LogP contribution in [0.5, 0.6) is 5.75 Å². The molecule has 0 saturated heterocycles. The van der Waals surface area contributed by atoms with Crippen LogP contribution < -0.4 is 10.5 Å². The minimum Gasteiger partial charge on any atom is -0.490 e. The van der Waals surface area contributed by atoms with E-state index in [0.29, 0.717) is 30.6 Å². The lowest BCUT2D eigenvalue weighted by atomic mass is 9.91. The van der Waals surface area contributed by atoms with Gasteiger partial charge in [0.1, 0.15) is 5.82 Å². The van der Waals surface area contributed by atoms with Gasteiger partial charge in [-0.05, 0) is 25.8 Å². The summed E-state index contributed by atoms with van der Waals surface area (Å²) in [6.45, 7) is 4.05. The van der Waals surface area contributed by atoms with Crippen LogP contribution in [0.4, 0.5) is 8.78 Å². The van der Waals surface area contributed by atoms with E-state index in [1.165, 1.54) is 0 Å². The first-order chi connectivity index (χ1) is 7.38. The van der Waals surface area contributed by atoms with Crippen molar-refractivity contribution in [2.24, 2.45) is 5.73 Å². The highest BCUT2D eigenvalue weighted by atomic mass is 19.1. The van der Waals surface area contributed by atoms with E-state index in [9.17, 15) is 8.78 Å². The third-order valence-electron chi connectivity index (χ3n) is 2.63. The first-order valence-electron chi connectivity index (χ1n) is 5.30. The van der Waals surface area contributed by atoms with Gasteiger partial charge in [0.25, 0.3) is 0 Å². The Labute approximate surface area is 93.4 Å². The monoisotopic (exact) mass is 227 g/mol. The second kappa shape index (κ2) is 3.70. The summed E-state index contributed by atoms with van der Waals surface area (Å²) in [6.07, 6.45) is 0.931. The fraction of sp³-hybridized carbons (Fsp3) is 0.500. The van der Waals surface area contributed by atoms with Crippen LogP contribution in [0.25, 0.3) is 0 Å². The Hall–Kier alpha value is -1.16. The number of halogens is 2. The van der Waals surface area contributed by atoms with Crippen molar-refractivity contribution in [3.63, 3.8) is 0 Å². The lowest BCUT2D eigenvalue weighted by Crippen LogP contribution is -2.35. The SMILES string of the molecule is CC(C)(N)Cc1c(F)cc(F)c2c1CCO2. The van der Waals surface area contributed by atoms with Gasteiger partial charge in [0.05, 0.1) is 6.61 Å². The van der Waals surface area contributed by atoms with Crippen molar-refractivity contribution < 1.29 is 13.5 Å². The molecule has 1 aromatic carbocycles. The molecule has 0 radical (unpaired) electrons. The maximum Gasteiger partial charge on any atom is 0.168 e. The number of rotatable bonds is 2. The zero-order valence-electron chi connectivity index (χ0n) is 9.44. The first kappa shape index (κ1) is 11.3. The molecule has 1 aromatic rings. The summed E-state index contributed by atoms with van der Waals surface area (Å²) in [5.41, 5.74) is 6.47. The molecule has 0 aromatic heterocycles. The molecular formula is C12H15F2NO. The topological polar surface area (TPSA) is 35.2 Å². The number of benzene rings is 1. The van der Waals surface area contributed by atoms with E-state index in [4.69, 9.17) is 10.5 Å². The predicted molar refractivity (Wildman–Crippen MR) is 57.5 cm³/mol. The molecule has 1 heterocycles. The van der Waals surface area contributed by atoms with Crippen LogP contribution in [0.15, 0.2) is 6.07 Å². The Kier molecular flexibility index (Phi) is 2.62. The minimum atomic E-state index is -0.622. The number of hydrogen-bond donors (Lipinski definition) is 1. The molecule has 16 heavy (non-hydrogen) atoms. The number of nitrogens with two attached hydrogens (primary N) is 1. The molecule has 4 heteroatoms. The van der Waals surface area contributed by atoms with E-state index < -0.39 is 17.2 Å². The summed E-state index contributed by atoms with van der Waals surface area (Å²) >= 11 is 0. The van der Waals surface area contributed by atoms with Gasteiger partial charge in [-0.2, -0.15) is 0 Å². The Morgan fingerprint density at radius 3 is 2.69 bits per heavy atom. The zero-order chi connectivity index (χ0) is 11.9. The van der Waals surface area contributed by atoms with Crippen molar-refractivity contribution in [3.05, 3.63) is 28.8 Å². The molecule has 0 saturated carbocycles. The molecule has 2 rings (SSSR count). The van der Waals surface area contributed by atoms with E-state index in [2.05, 4.69) is 0 Å². The van der Waals surface area contributed by atoms with Crippen molar-refractivity contribution >= 4 is 0 Å². The van der Waals surface area contributed by atoms with Gasteiger partial charge >= 0.3 is 0 Å². The fourth-order valence-electron chi connectivity index (χ4n) is 2.01. The Balaban J connectivity index is 2.49. The molecule has 1 aliphatic rings. The normalized spacial score (nSPS) is 14.8. The van der Waals surface area contributed by atoms with Crippen LogP contribution >= 0.6 is 0 Å². The maximum atomic E-state index is 13.7. The molecule has 0 bridgehead atoms. The Bertz CT molecular complexity index is 424. The fourth-order valence-corrected chi connectivity index (χ4v) is 2.01. The van der Waals surface area contributed by atoms with Crippen LogP contribution in [0.3, 0.4) is 0 Å². The van der Waals surface area contributed by atoms with Gasteiger partial charge in [-0.15, -0.1) is 0 Å². The largest absolute Gasteiger partial charge is 0.490 e. The summed E-state index contributed by atoms with van der Waals surface area (Å²) in [4.78, 5) is 0. The van der Waals surface area contributed by atoms with Crippen LogP contribution in [0.1, 0.15) is 25.0 Å². The predicted octanol–water partition coefficient (Wildman–Crippen LogP) is 2.18. The molecule has 0 amide bonds. The highest BCUT2D eigenvalue weighted by Crippen LogP contribution is 2.34. The first-order valence-corrected chi connectivity index (χ1v) is 5.30. The van der Waals surface area contributed by atoms with Gasteiger partial charge in [0.15, 0.2) is 11.6 Å². The summed E-state index contributed by atoms with van der Waals surface area (Å²) < 4.78 is 32.2. The average molecular weight is 227 g/mol. The van der Waals surface area contributed by atoms with E-state index in [-0.39, 0.29) is 5.75 Å². The van der Waals surface area contributed by atoms with E-state index in [1.807, 2.05) is 13.8 Å². The molecule has 0 fully saturated rings. The summed E-state index contributed by atoms with van der Waals surface area (Å²) in [5.74, 6) is -0.954. The molecule has 1 aliphatic heterocycles. The highest BCUT2D eigenvalue weighted by Gasteiger charge is 2.26. The molecule has 0 atom stereocenters. The second-order valence-electron chi connectivity index (χ2n) is 4.89. The smallest absolute Gasteiger partial charge is 0.168 e. The standard InChI is InChI=1S/C12H15F2NO/c1-12(2,15)6-8-7-3-4-16-11(7)10(14)5-9(8)13/h5H,3-4,6,15H2,1-2H3. The van der Waals surface area contributed by atoms with Crippen molar-refractivity contribution in [2.75, 3.05) is 6.61 Å². The van der Waals surface area contributed by atoms with Gasteiger partial charge in [-0.25, -0.2) is 8.78 Å². The van der Waals surface area contributed by atoms with Gasteiger partial charge in [0.2, 0.25) is 0 Å². The Morgan fingerprint density at radius 2 is 2.06 bits per heavy atom. The highest BCUT2D eigenvalue weighted by molar-refractivity contribution is 5.45. The van der Waals surface area contributed by atoms with Crippen molar-refractivity contribution in [1.29, 1.82) is 0 Å². The third-order valence-corrected chi connectivity index (χ3v) is 2.63. The van der Waals surface area contributed by atoms with Crippen molar-refractivity contribution in [2.45, 2.75) is 32.2 Å². The molecule has 0 spiro atoms. The third kappa shape index (κ3) is 2.02. The van der Waals surface area contributed by atoms with E-state index >= 15 is 0 Å². The average Bonchev–Trinajstić information content (AvgIpc) is 2.59. The number of hydrogen-bond acceptors (Lipinski definition) is 2. The molecule has 88 valence electrons. The Morgan fingerprint density at radius 1 is 1.38 bits per heavy atom. The quantitative estimate of drug-likeness (QED) is 0.840. The second-order valence-corrected chi connectivity index (χ2v) is 4.89. The lowest BCUT2D eigenvalue weighted by molar-refractivity contribution is 0.338. The van der Waals surface area contributed by atoms with Crippen molar-refractivity contribution in [3.8, 4) is 5.75 Å². The van der Waals surface area contributed by atoms with Gasteiger partial charge < -0.3 is 10.5 Å². The van der Waals surface area contributed by atoms with E-state index in [0.717, 1.165) is 6.07 Å². The van der Waals surface area contributed by atoms with Gasteiger partial charge in [0, 0.05) is 23.6 Å². The summed E-state index contributed by atoms with van der Waals surface area (Å²) in [6, 6.07) is 0.880. The van der Waals surface area contributed by atoms with Gasteiger partial charge in [-0.1, -0.05) is 0 Å². The van der Waals surface area contributed by atoms with Crippen molar-refractivity contribution in [1.82, 2.24) is 0 Å².